The SMILES string of the molecule is Cc1ccc(S(=O)(=O)O)c(-c2nc(N)c3ncn([C@@H]4O[C@H](CO)[C@@H](O)[C@H]4O)c3n2)c1. The number of aromatic nitrogens is 4. The van der Waals surface area contributed by atoms with Crippen molar-refractivity contribution in [1.82, 2.24) is 19.5 Å². The van der Waals surface area contributed by atoms with Gasteiger partial charge < -0.3 is 25.8 Å². The molecule has 0 amide bonds. The van der Waals surface area contributed by atoms with Gasteiger partial charge in [-0.2, -0.15) is 8.42 Å². The van der Waals surface area contributed by atoms with Gasteiger partial charge in [0.05, 0.1) is 12.9 Å². The number of hydrogen-bond donors (Lipinski definition) is 5. The average molecular weight is 437 g/mol. The molecule has 4 rings (SSSR count). The molecule has 0 radical (unpaired) electrons. The Balaban J connectivity index is 1.90. The number of ether oxygens (including phenoxy) is 1. The zero-order chi connectivity index (χ0) is 21.8. The Bertz CT molecular complexity index is 1230. The Morgan fingerprint density at radius 2 is 1.97 bits per heavy atom. The smallest absolute Gasteiger partial charge is 0.295 e. The van der Waals surface area contributed by atoms with Gasteiger partial charge in [0.15, 0.2) is 23.5 Å². The fourth-order valence-electron chi connectivity index (χ4n) is 3.40. The van der Waals surface area contributed by atoms with Gasteiger partial charge in [-0.25, -0.2) is 15.0 Å². The summed E-state index contributed by atoms with van der Waals surface area (Å²) in [5.41, 5.74) is 6.98. The Hall–Kier alpha value is -2.68. The van der Waals surface area contributed by atoms with Crippen molar-refractivity contribution in [1.29, 1.82) is 0 Å². The summed E-state index contributed by atoms with van der Waals surface area (Å²) in [5, 5.41) is 29.6. The summed E-state index contributed by atoms with van der Waals surface area (Å²) in [5.74, 6) is -0.159. The van der Waals surface area contributed by atoms with E-state index in [-0.39, 0.29) is 28.4 Å². The van der Waals surface area contributed by atoms with Crippen molar-refractivity contribution in [3.8, 4) is 11.4 Å². The molecular weight excluding hydrogens is 418 g/mol. The van der Waals surface area contributed by atoms with E-state index in [9.17, 15) is 28.3 Å². The topological polar surface area (TPSA) is 194 Å². The number of anilines is 1. The highest BCUT2D eigenvalue weighted by molar-refractivity contribution is 7.86. The third-order valence-electron chi connectivity index (χ3n) is 4.89. The minimum absolute atomic E-state index is 0.0278. The third-order valence-corrected chi connectivity index (χ3v) is 5.81. The van der Waals surface area contributed by atoms with Gasteiger partial charge >= 0.3 is 0 Å². The molecule has 3 heterocycles. The Labute approximate surface area is 170 Å². The van der Waals surface area contributed by atoms with Gasteiger partial charge in [-0.05, 0) is 19.1 Å². The van der Waals surface area contributed by atoms with Crippen LogP contribution >= 0.6 is 0 Å². The summed E-state index contributed by atoms with van der Waals surface area (Å²) in [6.07, 6.45) is -3.57. The van der Waals surface area contributed by atoms with Crippen LogP contribution in [0.15, 0.2) is 29.4 Å². The van der Waals surface area contributed by atoms with Gasteiger partial charge in [-0.1, -0.05) is 11.6 Å². The highest BCUT2D eigenvalue weighted by Gasteiger charge is 2.44. The first kappa shape index (κ1) is 20.6. The summed E-state index contributed by atoms with van der Waals surface area (Å²) in [7, 11) is -4.57. The van der Waals surface area contributed by atoms with Crippen molar-refractivity contribution in [2.75, 3.05) is 12.3 Å². The zero-order valence-corrected chi connectivity index (χ0v) is 16.4. The molecule has 3 aromatic rings. The molecule has 4 atom stereocenters. The fourth-order valence-corrected chi connectivity index (χ4v) is 4.07. The van der Waals surface area contributed by atoms with Crippen LogP contribution in [0, 0.1) is 6.92 Å². The summed E-state index contributed by atoms with van der Waals surface area (Å²) < 4.78 is 40.0. The van der Waals surface area contributed by atoms with Gasteiger partial charge in [0.1, 0.15) is 28.7 Å². The fraction of sp³-hybridized carbons (Fsp3) is 0.353. The molecule has 30 heavy (non-hydrogen) atoms. The normalized spacial score (nSPS) is 24.6. The van der Waals surface area contributed by atoms with Crippen molar-refractivity contribution >= 4 is 27.1 Å². The number of aryl methyl sites for hydroxylation is 1. The predicted octanol–water partition coefficient (Wildman–Crippen LogP) is -0.758. The van der Waals surface area contributed by atoms with Crippen LogP contribution in [-0.4, -0.2) is 72.7 Å². The van der Waals surface area contributed by atoms with Crippen molar-refractivity contribution in [3.05, 3.63) is 30.1 Å². The molecule has 1 aliphatic heterocycles. The molecule has 0 aliphatic carbocycles. The molecule has 1 fully saturated rings. The second-order valence-corrected chi connectivity index (χ2v) is 8.35. The molecule has 13 heteroatoms. The number of imidazole rings is 1. The molecule has 12 nitrogen and oxygen atoms in total. The largest absolute Gasteiger partial charge is 0.394 e. The van der Waals surface area contributed by atoms with Gasteiger partial charge in [0, 0.05) is 5.56 Å². The predicted molar refractivity (Wildman–Crippen MR) is 103 cm³/mol. The van der Waals surface area contributed by atoms with E-state index in [0.29, 0.717) is 5.56 Å². The average Bonchev–Trinajstić information content (AvgIpc) is 3.22. The highest BCUT2D eigenvalue weighted by atomic mass is 32.2. The number of fused-ring (bicyclic) bond motifs is 1. The summed E-state index contributed by atoms with van der Waals surface area (Å²) in [4.78, 5) is 12.2. The summed E-state index contributed by atoms with van der Waals surface area (Å²) in [6.45, 7) is 1.22. The molecule has 0 unspecified atom stereocenters. The van der Waals surface area contributed by atoms with E-state index >= 15 is 0 Å². The van der Waals surface area contributed by atoms with Crippen LogP contribution in [0.3, 0.4) is 0 Å². The Kier molecular flexibility index (Phi) is 4.96. The lowest BCUT2D eigenvalue weighted by Gasteiger charge is -2.17. The second-order valence-electron chi connectivity index (χ2n) is 6.96. The first-order valence-electron chi connectivity index (χ1n) is 8.83. The maximum atomic E-state index is 11.8. The minimum atomic E-state index is -4.57. The molecular formula is C17H19N5O7S. The van der Waals surface area contributed by atoms with E-state index < -0.39 is 46.2 Å². The van der Waals surface area contributed by atoms with Crippen LogP contribution < -0.4 is 5.73 Å². The maximum Gasteiger partial charge on any atom is 0.295 e. The van der Waals surface area contributed by atoms with Crippen molar-refractivity contribution in [2.24, 2.45) is 0 Å². The first-order chi connectivity index (χ1) is 14.1. The van der Waals surface area contributed by atoms with Crippen LogP contribution in [0.1, 0.15) is 11.8 Å². The van der Waals surface area contributed by atoms with Gasteiger partial charge in [0.25, 0.3) is 10.1 Å². The molecule has 6 N–H and O–H groups in total. The number of nitrogen functional groups attached to an aromatic ring is 1. The number of aliphatic hydroxyl groups excluding tert-OH is 3. The lowest BCUT2D eigenvalue weighted by Crippen LogP contribution is -2.33. The molecule has 1 aromatic carbocycles. The van der Waals surface area contributed by atoms with Crippen LogP contribution in [0.5, 0.6) is 0 Å². The highest BCUT2D eigenvalue weighted by Crippen LogP contribution is 2.33. The van der Waals surface area contributed by atoms with E-state index in [0.717, 1.165) is 0 Å². The Morgan fingerprint density at radius 1 is 1.23 bits per heavy atom. The number of benzene rings is 1. The standard InChI is InChI=1S/C17H19N5O7S/c1-7-2-3-10(30(26,27)28)8(4-7)15-20-14(18)11-16(21-15)22(6-19-11)17-13(25)12(24)9(5-23)29-17/h2-4,6,9,12-13,17,23-25H,5H2,1H3,(H2,18,20,21)(H,26,27,28)/t9-,12-,13-,17-/m1/s1. The van der Waals surface area contributed by atoms with Crippen LogP contribution in [0.4, 0.5) is 5.82 Å². The lowest BCUT2D eigenvalue weighted by molar-refractivity contribution is -0.0511. The first-order valence-corrected chi connectivity index (χ1v) is 10.3. The third kappa shape index (κ3) is 3.30. The summed E-state index contributed by atoms with van der Waals surface area (Å²) >= 11 is 0. The van der Waals surface area contributed by atoms with Gasteiger partial charge in [0.2, 0.25) is 0 Å². The second kappa shape index (κ2) is 7.23. The van der Waals surface area contributed by atoms with Gasteiger partial charge in [-0.3, -0.25) is 9.12 Å². The Morgan fingerprint density at radius 3 is 2.60 bits per heavy atom. The molecule has 0 bridgehead atoms. The van der Waals surface area contributed by atoms with E-state index in [4.69, 9.17) is 10.5 Å². The monoisotopic (exact) mass is 437 g/mol. The molecule has 0 spiro atoms. The summed E-state index contributed by atoms with van der Waals surface area (Å²) in [6, 6.07) is 4.22. The van der Waals surface area contributed by atoms with E-state index in [1.54, 1.807) is 6.92 Å². The maximum absolute atomic E-state index is 11.8. The van der Waals surface area contributed by atoms with Crippen LogP contribution in [0.2, 0.25) is 0 Å². The molecule has 160 valence electrons. The number of nitrogens with two attached hydrogens (primary N) is 1. The van der Waals surface area contributed by atoms with Crippen LogP contribution in [0.25, 0.3) is 22.6 Å². The molecule has 2 aromatic heterocycles. The zero-order valence-electron chi connectivity index (χ0n) is 15.6. The molecule has 1 saturated heterocycles. The van der Waals surface area contributed by atoms with E-state index in [1.165, 1.54) is 29.1 Å². The number of nitrogens with zero attached hydrogens (tertiary/aromatic N) is 4. The van der Waals surface area contributed by atoms with Crippen LogP contribution in [-0.2, 0) is 14.9 Å². The van der Waals surface area contributed by atoms with Crippen molar-refractivity contribution < 1.29 is 33.0 Å². The van der Waals surface area contributed by atoms with Gasteiger partial charge in [-0.15, -0.1) is 0 Å². The quantitative estimate of drug-likeness (QED) is 0.322. The van der Waals surface area contributed by atoms with E-state index in [2.05, 4.69) is 15.0 Å². The minimum Gasteiger partial charge on any atom is -0.394 e. The van der Waals surface area contributed by atoms with E-state index in [1.807, 2.05) is 0 Å². The van der Waals surface area contributed by atoms with Crippen molar-refractivity contribution in [3.63, 3.8) is 0 Å². The molecule has 1 aliphatic rings. The number of hydrogen-bond acceptors (Lipinski definition) is 10. The lowest BCUT2D eigenvalue weighted by atomic mass is 10.1. The number of aliphatic hydroxyl groups is 3. The number of rotatable bonds is 4. The molecule has 0 saturated carbocycles. The van der Waals surface area contributed by atoms with Crippen molar-refractivity contribution in [2.45, 2.75) is 36.4 Å².